The van der Waals surface area contributed by atoms with Crippen LogP contribution in [0.2, 0.25) is 0 Å². The van der Waals surface area contributed by atoms with Gasteiger partial charge in [-0.3, -0.25) is 9.59 Å². The normalized spacial score (nSPS) is 13.6. The fraction of sp³-hybridized carbons (Fsp3) is 0.286. The molecule has 5 nitrogen and oxygen atoms in total. The lowest BCUT2D eigenvalue weighted by Gasteiger charge is -2.36. The molecule has 0 bridgehead atoms. The number of unbranched alkanes of at least 4 members (excludes halogenated alkanes) is 1. The first-order chi connectivity index (χ1) is 16.1. The first-order valence-electron chi connectivity index (χ1n) is 11.7. The molecule has 0 spiro atoms. The summed E-state index contributed by atoms with van der Waals surface area (Å²) in [7, 11) is 0. The Morgan fingerprint density at radius 3 is 2.09 bits per heavy atom. The molecule has 1 N–H and O–H groups in total. The van der Waals surface area contributed by atoms with E-state index in [4.69, 9.17) is 0 Å². The summed E-state index contributed by atoms with van der Waals surface area (Å²) in [5.41, 5.74) is 4.54. The third kappa shape index (κ3) is 5.80. The Balaban J connectivity index is 1.29. The van der Waals surface area contributed by atoms with E-state index in [1.807, 2.05) is 83.8 Å². The number of carbonyl (C=O) groups is 2. The zero-order valence-electron chi connectivity index (χ0n) is 19.2. The van der Waals surface area contributed by atoms with Crippen LogP contribution in [0.5, 0.6) is 0 Å². The van der Waals surface area contributed by atoms with Crippen molar-refractivity contribution in [3.05, 3.63) is 95.6 Å². The summed E-state index contributed by atoms with van der Waals surface area (Å²) in [5, 5.41) is 2.98. The second-order valence-electron chi connectivity index (χ2n) is 8.45. The van der Waals surface area contributed by atoms with Crippen molar-refractivity contribution >= 4 is 23.2 Å². The summed E-state index contributed by atoms with van der Waals surface area (Å²) in [6.45, 7) is 5.14. The van der Waals surface area contributed by atoms with E-state index in [1.54, 1.807) is 0 Å². The van der Waals surface area contributed by atoms with Crippen LogP contribution in [0.25, 0.3) is 0 Å². The van der Waals surface area contributed by atoms with Crippen LogP contribution in [-0.4, -0.2) is 42.9 Å². The van der Waals surface area contributed by atoms with Crippen molar-refractivity contribution in [2.45, 2.75) is 26.2 Å². The Morgan fingerprint density at radius 1 is 0.788 bits per heavy atom. The first-order valence-corrected chi connectivity index (χ1v) is 11.7. The Morgan fingerprint density at radius 2 is 1.45 bits per heavy atom. The molecule has 33 heavy (non-hydrogen) atoms. The van der Waals surface area contributed by atoms with Crippen molar-refractivity contribution in [2.75, 3.05) is 36.4 Å². The van der Waals surface area contributed by atoms with Gasteiger partial charge >= 0.3 is 0 Å². The van der Waals surface area contributed by atoms with E-state index in [0.29, 0.717) is 18.7 Å². The molecule has 0 atom stereocenters. The van der Waals surface area contributed by atoms with Crippen molar-refractivity contribution in [1.82, 2.24) is 4.90 Å². The number of carbonyl (C=O) groups excluding carboxylic acids is 2. The molecule has 1 fully saturated rings. The van der Waals surface area contributed by atoms with Crippen LogP contribution < -0.4 is 10.2 Å². The molecule has 3 aromatic carbocycles. The molecular formula is C28H31N3O2. The highest BCUT2D eigenvalue weighted by atomic mass is 16.2. The lowest BCUT2D eigenvalue weighted by Crippen LogP contribution is -2.48. The number of piperazine rings is 1. The zero-order chi connectivity index (χ0) is 23.0. The monoisotopic (exact) mass is 441 g/mol. The molecule has 5 heteroatoms. The summed E-state index contributed by atoms with van der Waals surface area (Å²) in [6, 6.07) is 25.2. The smallest absolute Gasteiger partial charge is 0.255 e. The van der Waals surface area contributed by atoms with E-state index in [-0.39, 0.29) is 11.8 Å². The molecule has 4 rings (SSSR count). The zero-order valence-corrected chi connectivity index (χ0v) is 19.2. The summed E-state index contributed by atoms with van der Waals surface area (Å²) >= 11 is 0. The molecule has 1 aliphatic heterocycles. The van der Waals surface area contributed by atoms with Crippen LogP contribution in [0.15, 0.2) is 78.9 Å². The van der Waals surface area contributed by atoms with Gasteiger partial charge in [-0.2, -0.15) is 0 Å². The number of rotatable bonds is 7. The Bertz CT molecular complexity index is 1050. The van der Waals surface area contributed by atoms with Crippen molar-refractivity contribution in [3.63, 3.8) is 0 Å². The molecule has 0 aromatic heterocycles. The highest BCUT2D eigenvalue weighted by Gasteiger charge is 2.22. The summed E-state index contributed by atoms with van der Waals surface area (Å²) in [5.74, 6) is -0.00969. The molecule has 170 valence electrons. The average Bonchev–Trinajstić information content (AvgIpc) is 2.88. The van der Waals surface area contributed by atoms with Crippen LogP contribution in [0, 0.1) is 0 Å². The van der Waals surface area contributed by atoms with Crippen LogP contribution >= 0.6 is 0 Å². The van der Waals surface area contributed by atoms with Crippen molar-refractivity contribution in [3.8, 4) is 0 Å². The van der Waals surface area contributed by atoms with Gasteiger partial charge in [-0.25, -0.2) is 0 Å². The maximum Gasteiger partial charge on any atom is 0.255 e. The molecule has 1 heterocycles. The summed E-state index contributed by atoms with van der Waals surface area (Å²) in [4.78, 5) is 29.4. The molecule has 0 radical (unpaired) electrons. The van der Waals surface area contributed by atoms with E-state index in [1.165, 1.54) is 12.0 Å². The lowest BCUT2D eigenvalue weighted by atomic mass is 10.1. The summed E-state index contributed by atoms with van der Waals surface area (Å²) < 4.78 is 0. The molecule has 0 unspecified atom stereocenters. The number of amides is 2. The van der Waals surface area contributed by atoms with E-state index >= 15 is 0 Å². The van der Waals surface area contributed by atoms with Crippen LogP contribution in [-0.2, 0) is 6.42 Å². The number of anilines is 2. The third-order valence-electron chi connectivity index (χ3n) is 6.11. The van der Waals surface area contributed by atoms with Gasteiger partial charge < -0.3 is 15.1 Å². The van der Waals surface area contributed by atoms with Gasteiger partial charge in [0, 0.05) is 48.7 Å². The van der Waals surface area contributed by atoms with E-state index < -0.39 is 0 Å². The highest BCUT2D eigenvalue weighted by Crippen LogP contribution is 2.21. The van der Waals surface area contributed by atoms with Gasteiger partial charge in [-0.05, 0) is 66.9 Å². The Hall–Kier alpha value is -3.60. The fourth-order valence-electron chi connectivity index (χ4n) is 4.09. The number of hydrogen-bond donors (Lipinski definition) is 1. The van der Waals surface area contributed by atoms with Crippen molar-refractivity contribution < 1.29 is 9.59 Å². The Labute approximate surface area is 196 Å². The molecule has 1 saturated heterocycles. The molecule has 1 aliphatic rings. The van der Waals surface area contributed by atoms with Crippen molar-refractivity contribution in [1.29, 1.82) is 0 Å². The van der Waals surface area contributed by atoms with Crippen LogP contribution in [0.4, 0.5) is 11.4 Å². The number of benzene rings is 3. The molecule has 2 amide bonds. The lowest BCUT2D eigenvalue weighted by molar-refractivity contribution is 0.0746. The third-order valence-corrected chi connectivity index (χ3v) is 6.11. The minimum atomic E-state index is -0.0992. The standard InChI is InChI=1S/C28H31N3O2/c1-2-3-7-22-10-12-23(13-11-22)27(32)29-25-14-16-26(17-15-25)30-18-20-31(21-19-30)28(33)24-8-5-4-6-9-24/h4-6,8-17H,2-3,7,18-21H2,1H3,(H,29,32). The largest absolute Gasteiger partial charge is 0.368 e. The van der Waals surface area contributed by atoms with E-state index in [0.717, 1.165) is 42.9 Å². The van der Waals surface area contributed by atoms with Crippen molar-refractivity contribution in [2.24, 2.45) is 0 Å². The summed E-state index contributed by atoms with van der Waals surface area (Å²) in [6.07, 6.45) is 3.38. The van der Waals surface area contributed by atoms with Gasteiger partial charge in [0.1, 0.15) is 0 Å². The van der Waals surface area contributed by atoms with Crippen LogP contribution in [0.1, 0.15) is 46.0 Å². The van der Waals surface area contributed by atoms with E-state index in [9.17, 15) is 9.59 Å². The molecule has 0 aliphatic carbocycles. The van der Waals surface area contributed by atoms with Gasteiger partial charge in [-0.1, -0.05) is 43.7 Å². The predicted octanol–water partition coefficient (Wildman–Crippen LogP) is 5.24. The Kier molecular flexibility index (Phi) is 7.40. The predicted molar refractivity (Wildman–Crippen MR) is 134 cm³/mol. The molecule has 3 aromatic rings. The maximum atomic E-state index is 12.6. The second kappa shape index (κ2) is 10.8. The minimum absolute atomic E-state index is 0.0895. The topological polar surface area (TPSA) is 52.7 Å². The highest BCUT2D eigenvalue weighted by molar-refractivity contribution is 6.04. The maximum absolute atomic E-state index is 12.6. The van der Waals surface area contributed by atoms with Gasteiger partial charge in [0.25, 0.3) is 11.8 Å². The number of nitrogens with zero attached hydrogens (tertiary/aromatic N) is 2. The van der Waals surface area contributed by atoms with Gasteiger partial charge in [0.2, 0.25) is 0 Å². The molecule has 0 saturated carbocycles. The van der Waals surface area contributed by atoms with Gasteiger partial charge in [0.05, 0.1) is 0 Å². The van der Waals surface area contributed by atoms with Gasteiger partial charge in [0.15, 0.2) is 0 Å². The SMILES string of the molecule is CCCCc1ccc(C(=O)Nc2ccc(N3CCN(C(=O)c4ccccc4)CC3)cc2)cc1. The van der Waals surface area contributed by atoms with Gasteiger partial charge in [-0.15, -0.1) is 0 Å². The second-order valence-corrected chi connectivity index (χ2v) is 8.45. The number of aryl methyl sites for hydroxylation is 1. The first kappa shape index (κ1) is 22.6. The average molecular weight is 442 g/mol. The van der Waals surface area contributed by atoms with E-state index in [2.05, 4.69) is 17.1 Å². The molecular weight excluding hydrogens is 410 g/mol. The number of nitrogens with one attached hydrogen (secondary N) is 1. The minimum Gasteiger partial charge on any atom is -0.368 e. The quantitative estimate of drug-likeness (QED) is 0.545. The van der Waals surface area contributed by atoms with Crippen LogP contribution in [0.3, 0.4) is 0 Å². The number of hydrogen-bond acceptors (Lipinski definition) is 3. The fourth-order valence-corrected chi connectivity index (χ4v) is 4.09.